The maximum Gasteiger partial charge on any atom is 0.242 e. The highest BCUT2D eigenvalue weighted by atomic mass is 32.2. The molecule has 2 aliphatic rings. The van der Waals surface area contributed by atoms with Gasteiger partial charge in [-0.3, -0.25) is 9.59 Å². The molecule has 1 fully saturated rings. The molecule has 1 N–H and O–H groups in total. The van der Waals surface area contributed by atoms with Crippen molar-refractivity contribution >= 4 is 35.1 Å². The van der Waals surface area contributed by atoms with Crippen LogP contribution in [-0.2, 0) is 9.59 Å². The lowest BCUT2D eigenvalue weighted by atomic mass is 10.2. The van der Waals surface area contributed by atoms with Crippen LogP contribution in [-0.4, -0.2) is 58.6 Å². The number of amides is 2. The second-order valence-corrected chi connectivity index (χ2v) is 5.91. The Hall–Kier alpha value is -1.83. The molecule has 1 atom stereocenters. The highest BCUT2D eigenvalue weighted by Gasteiger charge is 2.31. The van der Waals surface area contributed by atoms with E-state index in [0.717, 1.165) is 5.03 Å². The lowest BCUT2D eigenvalue weighted by Crippen LogP contribution is -2.54. The van der Waals surface area contributed by atoms with E-state index in [1.807, 2.05) is 11.8 Å². The van der Waals surface area contributed by atoms with Gasteiger partial charge in [-0.15, -0.1) is 0 Å². The van der Waals surface area contributed by atoms with Gasteiger partial charge in [0.2, 0.25) is 11.8 Å². The van der Waals surface area contributed by atoms with E-state index >= 15 is 0 Å². The molecule has 3 rings (SSSR count). The second kappa shape index (κ2) is 4.93. The first kappa shape index (κ1) is 13.2. The third kappa shape index (κ3) is 2.20. The Labute approximate surface area is 120 Å². The number of rotatable bonds is 1. The fourth-order valence-electron chi connectivity index (χ4n) is 2.32. The van der Waals surface area contributed by atoms with Crippen LogP contribution in [0.5, 0.6) is 0 Å². The summed E-state index contributed by atoms with van der Waals surface area (Å²) >= 11 is 1.39. The molecule has 0 spiro atoms. The van der Waals surface area contributed by atoms with Gasteiger partial charge >= 0.3 is 0 Å². The van der Waals surface area contributed by atoms with Crippen LogP contribution in [0.1, 0.15) is 6.92 Å². The van der Waals surface area contributed by atoms with Crippen molar-refractivity contribution in [2.24, 2.45) is 0 Å². The summed E-state index contributed by atoms with van der Waals surface area (Å²) in [5.74, 6) is 0.975. The topological polar surface area (TPSA) is 78.4 Å². The molecule has 1 unspecified atom stereocenters. The van der Waals surface area contributed by atoms with Crippen molar-refractivity contribution in [3.63, 3.8) is 0 Å². The smallest absolute Gasteiger partial charge is 0.242 e. The summed E-state index contributed by atoms with van der Waals surface area (Å²) in [5, 5.41) is 3.57. The van der Waals surface area contributed by atoms with Gasteiger partial charge in [0.15, 0.2) is 5.82 Å². The summed E-state index contributed by atoms with van der Waals surface area (Å²) in [5.41, 5.74) is 0.623. The number of hydrogen-bond donors (Lipinski definition) is 1. The molecule has 20 heavy (non-hydrogen) atoms. The average molecular weight is 293 g/mol. The minimum absolute atomic E-state index is 0.0471. The Morgan fingerprint density at radius 3 is 2.95 bits per heavy atom. The molecule has 3 heterocycles. The van der Waals surface area contributed by atoms with Crippen molar-refractivity contribution in [3.05, 3.63) is 6.33 Å². The number of anilines is 2. The number of fused-ring (bicyclic) bond motifs is 1. The summed E-state index contributed by atoms with van der Waals surface area (Å²) in [4.78, 5) is 35.6. The number of piperazine rings is 1. The van der Waals surface area contributed by atoms with Crippen molar-refractivity contribution in [3.8, 4) is 0 Å². The standard InChI is InChI=1S/C12H15N5O2S/c1-7-3-17(4-9(19)16(7)2)11-10-12(14-6-13-11)20-5-8(18)15-10/h6-7H,3-5H2,1-2H3,(H,15,18). The molecule has 7 nitrogen and oxygen atoms in total. The Balaban J connectivity index is 1.95. The first-order valence-corrected chi connectivity index (χ1v) is 7.33. The highest BCUT2D eigenvalue weighted by Crippen LogP contribution is 2.36. The first-order chi connectivity index (χ1) is 9.56. The summed E-state index contributed by atoms with van der Waals surface area (Å²) < 4.78 is 0. The van der Waals surface area contributed by atoms with Crippen LogP contribution in [0.3, 0.4) is 0 Å². The van der Waals surface area contributed by atoms with Crippen LogP contribution in [0.2, 0.25) is 0 Å². The summed E-state index contributed by atoms with van der Waals surface area (Å²) in [7, 11) is 1.80. The quantitative estimate of drug-likeness (QED) is 0.745. The molecule has 0 radical (unpaired) electrons. The molecule has 8 heteroatoms. The average Bonchev–Trinajstić information content (AvgIpc) is 2.43. The number of aromatic nitrogens is 2. The molecule has 1 aromatic heterocycles. The van der Waals surface area contributed by atoms with E-state index in [1.165, 1.54) is 18.1 Å². The van der Waals surface area contributed by atoms with E-state index in [2.05, 4.69) is 15.3 Å². The maximum absolute atomic E-state index is 12.0. The second-order valence-electron chi connectivity index (χ2n) is 4.95. The van der Waals surface area contributed by atoms with E-state index in [1.54, 1.807) is 11.9 Å². The van der Waals surface area contributed by atoms with Crippen LogP contribution in [0, 0.1) is 0 Å². The predicted octanol–water partition coefficient (Wildman–Crippen LogP) is 0.188. The number of thioether (sulfide) groups is 1. The summed E-state index contributed by atoms with van der Waals surface area (Å²) in [6.07, 6.45) is 1.48. The molecular weight excluding hydrogens is 278 g/mol. The third-order valence-corrected chi connectivity index (χ3v) is 4.55. The monoisotopic (exact) mass is 293 g/mol. The van der Waals surface area contributed by atoms with Gasteiger partial charge in [0.05, 0.1) is 12.3 Å². The van der Waals surface area contributed by atoms with Gasteiger partial charge in [-0.25, -0.2) is 9.97 Å². The Kier molecular flexibility index (Phi) is 3.25. The van der Waals surface area contributed by atoms with Gasteiger partial charge < -0.3 is 15.1 Å². The molecular formula is C12H15N5O2S. The molecule has 0 aromatic carbocycles. The highest BCUT2D eigenvalue weighted by molar-refractivity contribution is 8.00. The summed E-state index contributed by atoms with van der Waals surface area (Å²) in [6.45, 7) is 2.95. The molecule has 2 amide bonds. The largest absolute Gasteiger partial charge is 0.343 e. The summed E-state index contributed by atoms with van der Waals surface area (Å²) in [6, 6.07) is 0.105. The Morgan fingerprint density at radius 1 is 1.40 bits per heavy atom. The first-order valence-electron chi connectivity index (χ1n) is 6.34. The van der Waals surface area contributed by atoms with Gasteiger partial charge in [0.25, 0.3) is 0 Å². The minimum Gasteiger partial charge on any atom is -0.343 e. The maximum atomic E-state index is 12.0. The van der Waals surface area contributed by atoms with E-state index in [9.17, 15) is 9.59 Å². The number of hydrogen-bond acceptors (Lipinski definition) is 6. The third-order valence-electron chi connectivity index (χ3n) is 3.56. The fraction of sp³-hybridized carbons (Fsp3) is 0.500. The molecule has 1 aromatic rings. The number of carbonyl (C=O) groups is 2. The molecule has 106 valence electrons. The lowest BCUT2D eigenvalue weighted by Gasteiger charge is -2.38. The zero-order chi connectivity index (χ0) is 14.3. The van der Waals surface area contributed by atoms with E-state index in [-0.39, 0.29) is 24.4 Å². The normalized spacial score (nSPS) is 22.6. The predicted molar refractivity (Wildman–Crippen MR) is 75.8 cm³/mol. The van der Waals surface area contributed by atoms with E-state index < -0.39 is 0 Å². The van der Waals surface area contributed by atoms with E-state index in [0.29, 0.717) is 23.8 Å². The van der Waals surface area contributed by atoms with Crippen molar-refractivity contribution in [2.45, 2.75) is 18.0 Å². The molecule has 1 saturated heterocycles. The van der Waals surface area contributed by atoms with Crippen LogP contribution < -0.4 is 10.2 Å². The lowest BCUT2D eigenvalue weighted by molar-refractivity contribution is -0.131. The van der Waals surface area contributed by atoms with Crippen LogP contribution in [0.15, 0.2) is 11.4 Å². The number of nitrogens with one attached hydrogen (secondary N) is 1. The Bertz CT molecular complexity index is 579. The minimum atomic E-state index is -0.0629. The number of carbonyl (C=O) groups excluding carboxylic acids is 2. The van der Waals surface area contributed by atoms with Crippen molar-refractivity contribution in [1.29, 1.82) is 0 Å². The molecule has 0 bridgehead atoms. The van der Waals surface area contributed by atoms with Gasteiger partial charge in [-0.1, -0.05) is 11.8 Å². The zero-order valence-electron chi connectivity index (χ0n) is 11.3. The van der Waals surface area contributed by atoms with Crippen molar-refractivity contribution in [1.82, 2.24) is 14.9 Å². The van der Waals surface area contributed by atoms with Crippen LogP contribution in [0.4, 0.5) is 11.5 Å². The van der Waals surface area contributed by atoms with E-state index in [4.69, 9.17) is 0 Å². The van der Waals surface area contributed by atoms with Crippen molar-refractivity contribution in [2.75, 3.05) is 36.1 Å². The molecule has 0 saturated carbocycles. The van der Waals surface area contributed by atoms with Crippen molar-refractivity contribution < 1.29 is 9.59 Å². The van der Waals surface area contributed by atoms with Gasteiger partial charge in [0.1, 0.15) is 17.0 Å². The Morgan fingerprint density at radius 2 is 2.20 bits per heavy atom. The van der Waals surface area contributed by atoms with Gasteiger partial charge in [-0.2, -0.15) is 0 Å². The molecule has 2 aliphatic heterocycles. The SMILES string of the molecule is CC1CN(c2ncnc3c2NC(=O)CS3)CC(=O)N1C. The molecule has 0 aliphatic carbocycles. The number of nitrogens with zero attached hydrogens (tertiary/aromatic N) is 4. The van der Waals surface area contributed by atoms with Gasteiger partial charge in [0, 0.05) is 19.6 Å². The van der Waals surface area contributed by atoms with Crippen LogP contribution >= 0.6 is 11.8 Å². The number of likely N-dealkylation sites (N-methyl/N-ethyl adjacent to an activating group) is 1. The van der Waals surface area contributed by atoms with Crippen LogP contribution in [0.25, 0.3) is 0 Å². The van der Waals surface area contributed by atoms with Gasteiger partial charge in [-0.05, 0) is 6.92 Å². The zero-order valence-corrected chi connectivity index (χ0v) is 12.1. The fourth-order valence-corrected chi connectivity index (χ4v) is 3.06.